The van der Waals surface area contributed by atoms with Crippen molar-refractivity contribution in [2.75, 3.05) is 19.6 Å². The first-order valence-corrected chi connectivity index (χ1v) is 28.4. The first kappa shape index (κ1) is 54.9. The summed E-state index contributed by atoms with van der Waals surface area (Å²) in [4.78, 5) is 96.4. The number of benzene rings is 3. The van der Waals surface area contributed by atoms with Gasteiger partial charge in [-0.25, -0.2) is 29.3 Å². The van der Waals surface area contributed by atoms with Gasteiger partial charge in [-0.3, -0.25) is 28.1 Å². The van der Waals surface area contributed by atoms with Crippen LogP contribution >= 0.6 is 47.8 Å². The molecule has 0 aliphatic carbocycles. The van der Waals surface area contributed by atoms with Crippen molar-refractivity contribution in [2.24, 2.45) is 0 Å². The van der Waals surface area contributed by atoms with Gasteiger partial charge >= 0.3 is 17.9 Å². The molecule has 3 aromatic carbocycles. The Labute approximate surface area is 477 Å². The second-order valence-electron chi connectivity index (χ2n) is 22.9. The van der Waals surface area contributed by atoms with Crippen LogP contribution in [0.3, 0.4) is 0 Å². The molecule has 3 saturated heterocycles. The molecule has 78 heavy (non-hydrogen) atoms. The first-order valence-electron chi connectivity index (χ1n) is 26.0. The van der Waals surface area contributed by atoms with E-state index in [-0.39, 0.29) is 52.9 Å². The van der Waals surface area contributed by atoms with Crippen LogP contribution in [0.25, 0.3) is 17.1 Å². The first-order chi connectivity index (χ1) is 36.8. The smallest absolute Gasteiger partial charge is 0.359 e. The van der Waals surface area contributed by atoms with Crippen LogP contribution in [0.1, 0.15) is 199 Å². The van der Waals surface area contributed by atoms with Crippen LogP contribution < -0.4 is 0 Å². The van der Waals surface area contributed by atoms with Crippen LogP contribution in [0.5, 0.6) is 0 Å². The summed E-state index contributed by atoms with van der Waals surface area (Å²) in [6.07, 6.45) is 9.97. The fraction of sp³-hybridized carbons (Fsp3) is 0.421. The number of amides is 3. The molecule has 9 heterocycles. The van der Waals surface area contributed by atoms with Gasteiger partial charge in [0.15, 0.2) is 17.1 Å². The van der Waals surface area contributed by atoms with E-state index < -0.39 is 34.7 Å². The Balaban J connectivity index is 0.000000132. The van der Waals surface area contributed by atoms with E-state index in [9.17, 15) is 28.8 Å². The summed E-state index contributed by atoms with van der Waals surface area (Å²) in [6, 6.07) is 16.3. The number of halogens is 3. The maximum Gasteiger partial charge on any atom is 0.359 e. The lowest BCUT2D eigenvalue weighted by Gasteiger charge is -2.24. The minimum Gasteiger partial charge on any atom is -0.455 e. The molecule has 0 unspecified atom stereocenters. The SMILES string of the molecule is CC(C)(C)OC(=O)c1ncn2c1[C@@H]1CCCN1C(=O)c1c(Br)cccc1-2.CC(C)(C)OC(=O)c1ncn2c1[C@@H]1CCCN1C(=O)c1c(Br)cccc1-2.CC(C)(C)OC(=O)c1ncn2c1[C@@H]1CCCN1C(=O)c1c(Br)cccc1-2. The second kappa shape index (κ2) is 20.7. The lowest BCUT2D eigenvalue weighted by Crippen LogP contribution is -2.31. The predicted molar refractivity (Wildman–Crippen MR) is 298 cm³/mol. The standard InChI is InChI=1S/3C19H20BrN3O3/c3*1-19(2,3)26-18(25)15-16-13-8-5-9-22(13)17(24)14-11(20)6-4-7-12(14)23(16)10-21-15/h3*4,6-7,10,13H,5,8-9H2,1-3H3/t3*13-/m000/s1. The minimum atomic E-state index is -0.607. The molecule has 0 bridgehead atoms. The van der Waals surface area contributed by atoms with Crippen LogP contribution in [0.4, 0.5) is 0 Å². The molecular weight excluding hydrogens is 1190 g/mol. The Morgan fingerprint density at radius 2 is 0.705 bits per heavy atom. The third kappa shape index (κ3) is 10.1. The van der Waals surface area contributed by atoms with Gasteiger partial charge in [-0.2, -0.15) is 0 Å². The summed E-state index contributed by atoms with van der Waals surface area (Å²) in [6.45, 7) is 18.5. The number of carbonyl (C=O) groups excluding carboxylic acids is 6. The van der Waals surface area contributed by atoms with Crippen molar-refractivity contribution in [3.63, 3.8) is 0 Å². The number of hydrogen-bond acceptors (Lipinski definition) is 12. The number of aromatic nitrogens is 6. The van der Waals surface area contributed by atoms with E-state index in [1.54, 1.807) is 19.0 Å². The number of esters is 3. The minimum absolute atomic E-state index is 0.0196. The summed E-state index contributed by atoms with van der Waals surface area (Å²) in [5.74, 6) is -1.42. The topological polar surface area (TPSA) is 193 Å². The number of carbonyl (C=O) groups is 6. The van der Waals surface area contributed by atoms with Crippen molar-refractivity contribution in [3.8, 4) is 17.1 Å². The molecule has 3 atom stereocenters. The third-order valence-electron chi connectivity index (χ3n) is 14.1. The van der Waals surface area contributed by atoms with Crippen molar-refractivity contribution in [3.05, 3.63) is 138 Å². The number of nitrogens with zero attached hydrogens (tertiary/aromatic N) is 9. The molecule has 6 aliphatic rings. The number of fused-ring (bicyclic) bond motifs is 15. The number of hydrogen-bond donors (Lipinski definition) is 0. The lowest BCUT2D eigenvalue weighted by atomic mass is 10.1. The van der Waals surface area contributed by atoms with Crippen LogP contribution in [0, 0.1) is 0 Å². The van der Waals surface area contributed by atoms with E-state index in [0.717, 1.165) is 86.1 Å². The van der Waals surface area contributed by atoms with Crippen LogP contribution in [0.2, 0.25) is 0 Å². The summed E-state index contributed by atoms with van der Waals surface area (Å²) in [7, 11) is 0. The summed E-state index contributed by atoms with van der Waals surface area (Å²) in [5.41, 5.74) is 5.27. The lowest BCUT2D eigenvalue weighted by molar-refractivity contribution is 0.00479. The largest absolute Gasteiger partial charge is 0.455 e. The Kier molecular flexibility index (Phi) is 14.5. The zero-order valence-corrected chi connectivity index (χ0v) is 49.6. The maximum absolute atomic E-state index is 13.2. The predicted octanol–water partition coefficient (Wildman–Crippen LogP) is 11.6. The summed E-state index contributed by atoms with van der Waals surface area (Å²) in [5, 5.41) is 0. The van der Waals surface area contributed by atoms with Crippen molar-refractivity contribution < 1.29 is 43.0 Å². The monoisotopic (exact) mass is 1250 g/mol. The molecule has 3 fully saturated rings. The third-order valence-corrected chi connectivity index (χ3v) is 16.1. The van der Waals surface area contributed by atoms with Gasteiger partial charge in [0.1, 0.15) is 35.8 Å². The molecule has 3 aromatic heterocycles. The van der Waals surface area contributed by atoms with Gasteiger partial charge < -0.3 is 28.9 Å². The average Bonchev–Trinajstić information content (AvgIpc) is 4.27. The Bertz CT molecular complexity index is 3100. The van der Waals surface area contributed by atoms with Crippen LogP contribution in [-0.2, 0) is 14.2 Å². The number of ether oxygens (including phenoxy) is 3. The fourth-order valence-corrected chi connectivity index (χ4v) is 12.7. The van der Waals surface area contributed by atoms with Gasteiger partial charge in [0.05, 0.1) is 69.0 Å². The fourth-order valence-electron chi connectivity index (χ4n) is 11.1. The highest BCUT2D eigenvalue weighted by Gasteiger charge is 2.45. The van der Waals surface area contributed by atoms with Crippen LogP contribution in [0.15, 0.2) is 87.0 Å². The molecule has 6 aromatic rings. The zero-order valence-electron chi connectivity index (χ0n) is 44.9. The molecule has 3 amide bonds. The molecule has 21 heteroatoms. The van der Waals surface area contributed by atoms with Gasteiger partial charge in [0.25, 0.3) is 17.7 Å². The van der Waals surface area contributed by atoms with E-state index in [0.29, 0.717) is 36.3 Å². The number of imidazole rings is 3. The highest BCUT2D eigenvalue weighted by molar-refractivity contribution is 9.11. The second-order valence-corrected chi connectivity index (χ2v) is 25.5. The van der Waals surface area contributed by atoms with E-state index >= 15 is 0 Å². The van der Waals surface area contributed by atoms with Gasteiger partial charge in [0.2, 0.25) is 0 Å². The molecule has 18 nitrogen and oxygen atoms in total. The summed E-state index contributed by atoms with van der Waals surface area (Å²) < 4.78 is 24.5. The van der Waals surface area contributed by atoms with Crippen molar-refractivity contribution in [1.82, 2.24) is 43.4 Å². The van der Waals surface area contributed by atoms with E-state index in [4.69, 9.17) is 14.2 Å². The van der Waals surface area contributed by atoms with Crippen LogP contribution in [-0.4, -0.2) is 115 Å². The average molecular weight is 1250 g/mol. The van der Waals surface area contributed by atoms with Gasteiger partial charge in [0, 0.05) is 33.1 Å². The van der Waals surface area contributed by atoms with Gasteiger partial charge in [-0.1, -0.05) is 18.2 Å². The molecule has 0 radical (unpaired) electrons. The van der Waals surface area contributed by atoms with Gasteiger partial charge in [-0.05, 0) is 185 Å². The highest BCUT2D eigenvalue weighted by Crippen LogP contribution is 2.45. The van der Waals surface area contributed by atoms with Gasteiger partial charge in [-0.15, -0.1) is 0 Å². The van der Waals surface area contributed by atoms with E-state index in [1.165, 1.54) is 0 Å². The normalized spacial score (nSPS) is 18.8. The molecule has 12 rings (SSSR count). The maximum atomic E-state index is 13.2. The molecule has 408 valence electrons. The quantitative estimate of drug-likeness (QED) is 0.120. The summed E-state index contributed by atoms with van der Waals surface area (Å²) >= 11 is 10.5. The van der Waals surface area contributed by atoms with E-state index in [1.807, 2.05) is 145 Å². The van der Waals surface area contributed by atoms with Crippen molar-refractivity contribution >= 4 is 83.4 Å². The highest BCUT2D eigenvalue weighted by atomic mass is 79.9. The van der Waals surface area contributed by atoms with E-state index in [2.05, 4.69) is 62.7 Å². The molecule has 0 N–H and O–H groups in total. The zero-order chi connectivity index (χ0) is 55.9. The Morgan fingerprint density at radius 3 is 0.949 bits per heavy atom. The van der Waals surface area contributed by atoms with Crippen molar-refractivity contribution in [1.29, 1.82) is 0 Å². The molecule has 0 saturated carbocycles. The Hall–Kier alpha value is -6.45. The molecule has 6 aliphatic heterocycles. The van der Waals surface area contributed by atoms with Crippen molar-refractivity contribution in [2.45, 2.75) is 136 Å². The number of rotatable bonds is 3. The molecule has 0 spiro atoms. The Morgan fingerprint density at radius 1 is 0.449 bits per heavy atom. The molecular formula is C57H60Br3N9O9.